The molecule has 0 aliphatic heterocycles. The van der Waals surface area contributed by atoms with E-state index in [1.165, 1.54) is 11.8 Å². The van der Waals surface area contributed by atoms with Gasteiger partial charge in [0.1, 0.15) is 12.1 Å². The van der Waals surface area contributed by atoms with Gasteiger partial charge in [0.2, 0.25) is 5.91 Å². The van der Waals surface area contributed by atoms with Crippen molar-refractivity contribution in [3.63, 3.8) is 0 Å². The van der Waals surface area contributed by atoms with Crippen LogP contribution in [0.3, 0.4) is 0 Å². The molecule has 0 radical (unpaired) electrons. The van der Waals surface area contributed by atoms with E-state index in [0.29, 0.717) is 5.16 Å². The number of hydrogen-bond donors (Lipinski definition) is 1. The van der Waals surface area contributed by atoms with Crippen LogP contribution in [0.1, 0.15) is 5.56 Å². The van der Waals surface area contributed by atoms with Crippen molar-refractivity contribution in [3.8, 4) is 11.4 Å². The van der Waals surface area contributed by atoms with Crippen molar-refractivity contribution in [1.82, 2.24) is 14.8 Å². The summed E-state index contributed by atoms with van der Waals surface area (Å²) in [6, 6.07) is 13.3. The second-order valence-corrected chi connectivity index (χ2v) is 7.34. The number of nitrogens with one attached hydrogen (secondary N) is 1. The lowest BCUT2D eigenvalue weighted by molar-refractivity contribution is -0.113. The van der Waals surface area contributed by atoms with Gasteiger partial charge in [0.15, 0.2) is 5.16 Å². The lowest BCUT2D eigenvalue weighted by atomic mass is 10.2. The predicted molar refractivity (Wildman–Crippen MR) is 106 cm³/mol. The Balaban J connectivity index is 1.64. The average Bonchev–Trinajstić information content (AvgIpc) is 3.11. The zero-order valence-electron chi connectivity index (χ0n) is 14.3. The number of halogens is 1. The van der Waals surface area contributed by atoms with Crippen LogP contribution < -0.4 is 10.1 Å². The first-order chi connectivity index (χ1) is 12.6. The number of aryl methyl sites for hydroxylation is 1. The maximum Gasteiger partial charge on any atom is 0.234 e. The summed E-state index contributed by atoms with van der Waals surface area (Å²) >= 11 is 4.75. The van der Waals surface area contributed by atoms with E-state index < -0.39 is 0 Å². The van der Waals surface area contributed by atoms with Crippen molar-refractivity contribution in [2.75, 3.05) is 18.2 Å². The molecule has 0 aliphatic carbocycles. The quantitative estimate of drug-likeness (QED) is 0.594. The molecule has 0 saturated carbocycles. The molecular weight excluding hydrogens is 416 g/mol. The number of rotatable bonds is 6. The van der Waals surface area contributed by atoms with Crippen molar-refractivity contribution in [3.05, 3.63) is 58.8 Å². The molecule has 3 aromatic rings. The van der Waals surface area contributed by atoms with Gasteiger partial charge in [-0.05, 0) is 55.0 Å². The Kier molecular flexibility index (Phi) is 5.95. The number of thioether (sulfide) groups is 1. The third kappa shape index (κ3) is 4.44. The Morgan fingerprint density at radius 2 is 2.04 bits per heavy atom. The predicted octanol–water partition coefficient (Wildman–Crippen LogP) is 4.08. The van der Waals surface area contributed by atoms with Gasteiger partial charge in [-0.3, -0.25) is 9.36 Å². The lowest BCUT2D eigenvalue weighted by Crippen LogP contribution is -2.15. The molecule has 1 heterocycles. The van der Waals surface area contributed by atoms with Gasteiger partial charge in [0.25, 0.3) is 0 Å². The zero-order valence-corrected chi connectivity index (χ0v) is 16.7. The Morgan fingerprint density at radius 1 is 1.27 bits per heavy atom. The zero-order chi connectivity index (χ0) is 18.5. The average molecular weight is 433 g/mol. The van der Waals surface area contributed by atoms with E-state index in [1.807, 2.05) is 54.0 Å². The van der Waals surface area contributed by atoms with Crippen molar-refractivity contribution < 1.29 is 9.53 Å². The van der Waals surface area contributed by atoms with Crippen molar-refractivity contribution in [2.24, 2.45) is 0 Å². The molecule has 6 nitrogen and oxygen atoms in total. The standard InChI is InChI=1S/C18H17BrN4O2S/c1-12-9-13(19)3-8-16(12)21-17(24)10-26-18-22-20-11-23(18)14-4-6-15(25-2)7-5-14/h3-9,11H,10H2,1-2H3,(H,21,24). The largest absolute Gasteiger partial charge is 0.497 e. The summed E-state index contributed by atoms with van der Waals surface area (Å²) in [5, 5.41) is 11.6. The molecule has 0 bridgehead atoms. The van der Waals surface area contributed by atoms with Gasteiger partial charge in [-0.1, -0.05) is 27.7 Å². The highest BCUT2D eigenvalue weighted by Crippen LogP contribution is 2.23. The van der Waals surface area contributed by atoms with E-state index in [2.05, 4.69) is 31.4 Å². The van der Waals surface area contributed by atoms with E-state index in [1.54, 1.807) is 13.4 Å². The van der Waals surface area contributed by atoms with Crippen LogP contribution in [0.2, 0.25) is 0 Å². The van der Waals surface area contributed by atoms with Gasteiger partial charge >= 0.3 is 0 Å². The highest BCUT2D eigenvalue weighted by molar-refractivity contribution is 9.10. The first kappa shape index (κ1) is 18.5. The smallest absolute Gasteiger partial charge is 0.234 e. The van der Waals surface area contributed by atoms with Crippen molar-refractivity contribution >= 4 is 39.3 Å². The molecule has 134 valence electrons. The summed E-state index contributed by atoms with van der Waals surface area (Å²) in [6.07, 6.45) is 1.63. The topological polar surface area (TPSA) is 69.0 Å². The van der Waals surface area contributed by atoms with Gasteiger partial charge < -0.3 is 10.1 Å². The summed E-state index contributed by atoms with van der Waals surface area (Å²) in [5.74, 6) is 0.926. The molecule has 8 heteroatoms. The second-order valence-electron chi connectivity index (χ2n) is 5.48. The number of ether oxygens (including phenoxy) is 1. The molecule has 1 aromatic heterocycles. The van der Waals surface area contributed by atoms with E-state index >= 15 is 0 Å². The minimum atomic E-state index is -0.0929. The Bertz CT molecular complexity index is 912. The molecule has 0 aliphatic rings. The van der Waals surface area contributed by atoms with E-state index in [0.717, 1.165) is 27.2 Å². The molecule has 0 fully saturated rings. The molecule has 0 atom stereocenters. The number of benzene rings is 2. The summed E-state index contributed by atoms with van der Waals surface area (Å²) in [6.45, 7) is 1.95. The van der Waals surface area contributed by atoms with Crippen LogP contribution in [-0.2, 0) is 4.79 Å². The number of methoxy groups -OCH3 is 1. The number of hydrogen-bond acceptors (Lipinski definition) is 5. The summed E-state index contributed by atoms with van der Waals surface area (Å²) in [4.78, 5) is 12.3. The first-order valence-electron chi connectivity index (χ1n) is 7.80. The fourth-order valence-corrected chi connectivity index (χ4v) is 3.53. The molecule has 1 amide bonds. The minimum absolute atomic E-state index is 0.0929. The van der Waals surface area contributed by atoms with Crippen molar-refractivity contribution in [2.45, 2.75) is 12.1 Å². The molecule has 1 N–H and O–H groups in total. The van der Waals surface area contributed by atoms with Gasteiger partial charge in [-0.2, -0.15) is 0 Å². The van der Waals surface area contributed by atoms with E-state index in [4.69, 9.17) is 4.74 Å². The number of nitrogens with zero attached hydrogens (tertiary/aromatic N) is 3. The summed E-state index contributed by atoms with van der Waals surface area (Å²) in [7, 11) is 1.63. The molecule has 0 saturated heterocycles. The number of amides is 1. The molecule has 2 aromatic carbocycles. The Labute approximate surface area is 164 Å². The Hall–Kier alpha value is -2.32. The fraction of sp³-hybridized carbons (Fsp3) is 0.167. The van der Waals surface area contributed by atoms with Crippen LogP contribution in [0, 0.1) is 6.92 Å². The highest BCUT2D eigenvalue weighted by Gasteiger charge is 2.11. The normalized spacial score (nSPS) is 10.6. The maximum absolute atomic E-state index is 12.3. The fourth-order valence-electron chi connectivity index (χ4n) is 2.33. The van der Waals surface area contributed by atoms with E-state index in [-0.39, 0.29) is 11.7 Å². The molecule has 0 spiro atoms. The van der Waals surface area contributed by atoms with Crippen molar-refractivity contribution in [1.29, 1.82) is 0 Å². The summed E-state index contributed by atoms with van der Waals surface area (Å²) in [5.41, 5.74) is 2.71. The number of carbonyl (C=O) groups excluding carboxylic acids is 1. The third-order valence-electron chi connectivity index (χ3n) is 3.66. The van der Waals surface area contributed by atoms with Gasteiger partial charge in [-0.25, -0.2) is 0 Å². The molecular formula is C18H17BrN4O2S. The van der Waals surface area contributed by atoms with E-state index in [9.17, 15) is 4.79 Å². The lowest BCUT2D eigenvalue weighted by Gasteiger charge is -2.09. The molecule has 3 rings (SSSR count). The van der Waals surface area contributed by atoms with Gasteiger partial charge in [-0.15, -0.1) is 10.2 Å². The SMILES string of the molecule is COc1ccc(-n2cnnc2SCC(=O)Nc2ccc(Br)cc2C)cc1. The van der Waals surface area contributed by atoms with Crippen LogP contribution >= 0.6 is 27.7 Å². The third-order valence-corrected chi connectivity index (χ3v) is 5.10. The Morgan fingerprint density at radius 3 is 2.73 bits per heavy atom. The minimum Gasteiger partial charge on any atom is -0.497 e. The monoisotopic (exact) mass is 432 g/mol. The number of aromatic nitrogens is 3. The van der Waals surface area contributed by atoms with Crippen LogP contribution in [0.25, 0.3) is 5.69 Å². The van der Waals surface area contributed by atoms with Crippen LogP contribution in [-0.4, -0.2) is 33.5 Å². The summed E-state index contributed by atoms with van der Waals surface area (Å²) < 4.78 is 7.98. The van der Waals surface area contributed by atoms with Crippen LogP contribution in [0.5, 0.6) is 5.75 Å². The highest BCUT2D eigenvalue weighted by atomic mass is 79.9. The number of anilines is 1. The van der Waals surface area contributed by atoms with Gasteiger partial charge in [0.05, 0.1) is 12.9 Å². The first-order valence-corrected chi connectivity index (χ1v) is 9.58. The van der Waals surface area contributed by atoms with Crippen LogP contribution in [0.4, 0.5) is 5.69 Å². The molecule has 0 unspecified atom stereocenters. The van der Waals surface area contributed by atoms with Gasteiger partial charge in [0, 0.05) is 15.8 Å². The number of carbonyl (C=O) groups is 1. The van der Waals surface area contributed by atoms with Crippen LogP contribution in [0.15, 0.2) is 58.4 Å². The molecule has 26 heavy (non-hydrogen) atoms. The second kappa shape index (κ2) is 8.37. The maximum atomic E-state index is 12.3.